The van der Waals surface area contributed by atoms with E-state index >= 15 is 0 Å². The van der Waals surface area contributed by atoms with Gasteiger partial charge in [-0.2, -0.15) is 0 Å². The van der Waals surface area contributed by atoms with E-state index in [4.69, 9.17) is 0 Å². The van der Waals surface area contributed by atoms with Gasteiger partial charge in [-0.15, -0.1) is 11.3 Å². The van der Waals surface area contributed by atoms with Crippen LogP contribution in [0.4, 0.5) is 0 Å². The van der Waals surface area contributed by atoms with Crippen LogP contribution in [0.1, 0.15) is 65.9 Å². The molecule has 1 amide bonds. The van der Waals surface area contributed by atoms with Crippen LogP contribution in [0.5, 0.6) is 0 Å². The third kappa shape index (κ3) is 3.28. The van der Waals surface area contributed by atoms with Crippen LogP contribution in [0.3, 0.4) is 0 Å². The monoisotopic (exact) mass is 395 g/mol. The minimum Gasteiger partial charge on any atom is -0.503 e. The van der Waals surface area contributed by atoms with Crippen molar-refractivity contribution in [3.63, 3.8) is 0 Å². The van der Waals surface area contributed by atoms with E-state index in [1.54, 1.807) is 11.0 Å². The highest BCUT2D eigenvalue weighted by atomic mass is 32.1. The van der Waals surface area contributed by atoms with Gasteiger partial charge in [-0.1, -0.05) is 56.5 Å². The Balaban J connectivity index is 1.79. The smallest absolute Gasteiger partial charge is 0.290 e. The Morgan fingerprint density at radius 3 is 2.46 bits per heavy atom. The van der Waals surface area contributed by atoms with Crippen molar-refractivity contribution < 1.29 is 14.7 Å². The van der Waals surface area contributed by atoms with Gasteiger partial charge in [0.25, 0.3) is 5.91 Å². The van der Waals surface area contributed by atoms with Crippen molar-refractivity contribution >= 4 is 23.0 Å². The van der Waals surface area contributed by atoms with Crippen LogP contribution < -0.4 is 0 Å². The fraction of sp³-hybridized carbons (Fsp3) is 0.391. The number of Topliss-reactive ketones (excluding diaryl/α,β-unsaturated/α-hetero) is 1. The molecule has 1 aliphatic carbocycles. The second-order valence-electron chi connectivity index (χ2n) is 7.57. The van der Waals surface area contributed by atoms with E-state index in [1.165, 1.54) is 23.3 Å². The van der Waals surface area contributed by atoms with Gasteiger partial charge >= 0.3 is 0 Å². The maximum atomic E-state index is 13.2. The van der Waals surface area contributed by atoms with Gasteiger partial charge in [0.1, 0.15) is 0 Å². The Morgan fingerprint density at radius 2 is 1.86 bits per heavy atom. The number of hydrogen-bond acceptors (Lipinski definition) is 4. The summed E-state index contributed by atoms with van der Waals surface area (Å²) in [5.41, 5.74) is 2.32. The second kappa shape index (κ2) is 7.92. The fourth-order valence-electron chi connectivity index (χ4n) is 4.39. The SMILES string of the molecule is CCc1ccc(C2C(C(=O)c3cccs3)=C(O)C(=O)N2C2CCCCC2)cc1. The lowest BCUT2D eigenvalue weighted by Gasteiger charge is -2.36. The lowest BCUT2D eigenvalue weighted by atomic mass is 9.90. The highest BCUT2D eigenvalue weighted by molar-refractivity contribution is 7.12. The molecule has 1 atom stereocenters. The van der Waals surface area contributed by atoms with Crippen LogP contribution in [0, 0.1) is 0 Å². The number of aryl methyl sites for hydroxylation is 1. The molecule has 2 heterocycles. The number of hydrogen-bond donors (Lipinski definition) is 1. The molecule has 0 radical (unpaired) electrons. The average molecular weight is 396 g/mol. The van der Waals surface area contributed by atoms with E-state index in [0.717, 1.165) is 37.7 Å². The molecule has 4 rings (SSSR count). The molecule has 1 aromatic carbocycles. The van der Waals surface area contributed by atoms with Crippen molar-refractivity contribution in [1.29, 1.82) is 0 Å². The van der Waals surface area contributed by atoms with Crippen LogP contribution in [0.25, 0.3) is 0 Å². The second-order valence-corrected chi connectivity index (χ2v) is 8.52. The van der Waals surface area contributed by atoms with E-state index in [9.17, 15) is 14.7 Å². The fourth-order valence-corrected chi connectivity index (χ4v) is 5.07. The van der Waals surface area contributed by atoms with Gasteiger partial charge < -0.3 is 10.0 Å². The van der Waals surface area contributed by atoms with Gasteiger partial charge in [-0.05, 0) is 41.8 Å². The molecule has 1 N–H and O–H groups in total. The number of nitrogens with zero attached hydrogens (tertiary/aromatic N) is 1. The summed E-state index contributed by atoms with van der Waals surface area (Å²) in [5.74, 6) is -1.03. The third-order valence-corrected chi connectivity index (χ3v) is 6.77. The number of aliphatic hydroxyl groups excluding tert-OH is 1. The van der Waals surface area contributed by atoms with E-state index < -0.39 is 11.9 Å². The van der Waals surface area contributed by atoms with Gasteiger partial charge in [0.15, 0.2) is 5.76 Å². The zero-order chi connectivity index (χ0) is 19.7. The summed E-state index contributed by atoms with van der Waals surface area (Å²) in [7, 11) is 0. The summed E-state index contributed by atoms with van der Waals surface area (Å²) in [5, 5.41) is 12.6. The first-order chi connectivity index (χ1) is 13.6. The molecule has 28 heavy (non-hydrogen) atoms. The molecule has 0 spiro atoms. The van der Waals surface area contributed by atoms with Crippen molar-refractivity contribution in [1.82, 2.24) is 4.90 Å². The van der Waals surface area contributed by atoms with Crippen molar-refractivity contribution in [2.45, 2.75) is 57.5 Å². The van der Waals surface area contributed by atoms with E-state index in [2.05, 4.69) is 6.92 Å². The minimum atomic E-state index is -0.517. The number of ketones is 1. The van der Waals surface area contributed by atoms with Crippen molar-refractivity contribution in [3.05, 3.63) is 69.1 Å². The van der Waals surface area contributed by atoms with E-state index in [1.807, 2.05) is 35.7 Å². The third-order valence-electron chi connectivity index (χ3n) is 5.91. The number of carbonyl (C=O) groups excluding carboxylic acids is 2. The topological polar surface area (TPSA) is 57.6 Å². The molecule has 1 aliphatic heterocycles. The Labute approximate surface area is 169 Å². The first-order valence-corrected chi connectivity index (χ1v) is 10.9. The summed E-state index contributed by atoms with van der Waals surface area (Å²) >= 11 is 1.34. The Morgan fingerprint density at radius 1 is 1.14 bits per heavy atom. The van der Waals surface area contributed by atoms with Gasteiger partial charge in [-0.3, -0.25) is 9.59 Å². The van der Waals surface area contributed by atoms with Crippen molar-refractivity contribution in [2.24, 2.45) is 0 Å². The summed E-state index contributed by atoms with van der Waals surface area (Å²) in [6.07, 6.45) is 6.09. The normalized spacial score (nSPS) is 20.8. The number of rotatable bonds is 5. The number of amides is 1. The zero-order valence-corrected chi connectivity index (χ0v) is 16.9. The van der Waals surface area contributed by atoms with Crippen LogP contribution in [0.2, 0.25) is 0 Å². The summed E-state index contributed by atoms with van der Waals surface area (Å²) in [6, 6.07) is 11.2. The van der Waals surface area contributed by atoms with Crippen LogP contribution in [-0.2, 0) is 11.2 Å². The predicted molar refractivity (Wildman–Crippen MR) is 111 cm³/mol. The standard InChI is InChI=1S/C23H25NO3S/c1-2-15-10-12-16(13-11-15)20-19(21(25)18-9-6-14-28-18)22(26)23(27)24(20)17-7-4-3-5-8-17/h6,9-14,17,20,26H,2-5,7-8H2,1H3. The van der Waals surface area contributed by atoms with Gasteiger partial charge in [0.05, 0.1) is 16.5 Å². The molecule has 146 valence electrons. The van der Waals surface area contributed by atoms with Crippen LogP contribution in [0.15, 0.2) is 53.1 Å². The van der Waals surface area contributed by atoms with Crippen LogP contribution >= 0.6 is 11.3 Å². The largest absolute Gasteiger partial charge is 0.503 e. The molecule has 1 unspecified atom stereocenters. The maximum Gasteiger partial charge on any atom is 0.290 e. The molecule has 5 heteroatoms. The van der Waals surface area contributed by atoms with E-state index in [-0.39, 0.29) is 23.2 Å². The molecule has 1 aromatic heterocycles. The maximum absolute atomic E-state index is 13.2. The number of aliphatic hydroxyl groups is 1. The Kier molecular flexibility index (Phi) is 5.36. The molecular weight excluding hydrogens is 370 g/mol. The van der Waals surface area contributed by atoms with Gasteiger partial charge in [0, 0.05) is 6.04 Å². The number of carbonyl (C=O) groups is 2. The van der Waals surface area contributed by atoms with Crippen molar-refractivity contribution in [3.8, 4) is 0 Å². The molecular formula is C23H25NO3S. The zero-order valence-electron chi connectivity index (χ0n) is 16.1. The first kappa shape index (κ1) is 18.9. The highest BCUT2D eigenvalue weighted by Gasteiger charge is 2.46. The van der Waals surface area contributed by atoms with Gasteiger partial charge in [0.2, 0.25) is 5.78 Å². The molecule has 4 nitrogen and oxygen atoms in total. The molecule has 2 aliphatic rings. The first-order valence-electron chi connectivity index (χ1n) is 10.0. The Bertz CT molecular complexity index is 892. The van der Waals surface area contributed by atoms with Crippen molar-refractivity contribution in [2.75, 3.05) is 0 Å². The minimum absolute atomic E-state index is 0.0629. The summed E-state index contributed by atoms with van der Waals surface area (Å²) in [4.78, 5) is 28.6. The quantitative estimate of drug-likeness (QED) is 0.706. The summed E-state index contributed by atoms with van der Waals surface area (Å²) < 4.78 is 0. The lowest BCUT2D eigenvalue weighted by molar-refractivity contribution is -0.132. The number of thiophene rings is 1. The Hall–Kier alpha value is -2.40. The van der Waals surface area contributed by atoms with Gasteiger partial charge in [-0.25, -0.2) is 0 Å². The predicted octanol–water partition coefficient (Wildman–Crippen LogP) is 5.22. The van der Waals surface area contributed by atoms with E-state index in [0.29, 0.717) is 4.88 Å². The molecule has 1 saturated carbocycles. The molecule has 0 bridgehead atoms. The summed E-state index contributed by atoms with van der Waals surface area (Å²) in [6.45, 7) is 2.10. The molecule has 1 fully saturated rings. The molecule has 2 aromatic rings. The average Bonchev–Trinajstić information content (AvgIpc) is 3.36. The molecule has 0 saturated heterocycles. The number of benzene rings is 1. The lowest BCUT2D eigenvalue weighted by Crippen LogP contribution is -2.41. The van der Waals surface area contributed by atoms with Crippen LogP contribution in [-0.4, -0.2) is 27.7 Å². The highest BCUT2D eigenvalue weighted by Crippen LogP contribution is 2.43.